The van der Waals surface area contributed by atoms with Gasteiger partial charge < -0.3 is 64.5 Å². The fourth-order valence-corrected chi connectivity index (χ4v) is 11.7. The van der Waals surface area contributed by atoms with Crippen LogP contribution in [0.15, 0.2) is 128 Å². The standard InChI is InChI=1S/C58H68ClN11O9S2/c1-33(71)50-58(79)69-49(56(77)65-45(51(62)72)28-36-18-21-37-13-5-6-14-38(37)25-36)32-81-80-31-48(68-52(73)42(61)26-35-19-22-40(59)23-20-35)57(78)66-46(27-34-11-3-2-4-12-34)54(75)67-47(29-39-30-63-43-16-8-7-15-41(39)43)55(76)64-44(53(74)70-50)17-9-10-24-60/h2-8,11-16,18-23,25,30,33,42,44-50,63,71H,9-10,17,24,26-29,31-32,60-61H2,1H3,(H2,62,72)(H,64,76)(H,65,77)(H,66,78)(H,67,75)(H,68,73)(H,69,79)(H,70,74)/t33-,42+,44+,45+,46+,47-,48-,49+,50+/m1/s1. The second kappa shape index (κ2) is 29.8. The lowest BCUT2D eigenvalue weighted by Crippen LogP contribution is -2.62. The molecule has 2 heterocycles. The van der Waals surface area contributed by atoms with E-state index >= 15 is 0 Å². The van der Waals surface area contributed by atoms with Gasteiger partial charge in [-0.2, -0.15) is 0 Å². The average molecular weight is 1160 g/mol. The molecule has 15 N–H and O–H groups in total. The van der Waals surface area contributed by atoms with E-state index in [9.17, 15) is 43.5 Å². The van der Waals surface area contributed by atoms with Crippen LogP contribution in [0.2, 0.25) is 5.02 Å². The SMILES string of the molecule is C[C@@H](O)[C@@H]1NC(=O)[C@H](CCCCN)NC(=O)[C@@H](Cc2c[nH]c3ccccc23)NC(=O)[C@H](Cc2ccccc2)NC(=O)[C@H](NC(=O)[C@@H](N)Cc2ccc(Cl)cc2)CSSC[C@@H](C(=O)N[C@@H](Cc2ccc3ccccc3c2)C(N)=O)NC1=O. The minimum absolute atomic E-state index is 0.0132. The Hall–Kier alpha value is -7.47. The molecule has 1 fully saturated rings. The molecular formula is C58H68ClN11O9S2. The fraction of sp³-hybridized carbons (Fsp3) is 0.345. The van der Waals surface area contributed by atoms with E-state index in [1.807, 2.05) is 60.7 Å². The van der Waals surface area contributed by atoms with Gasteiger partial charge in [0.1, 0.15) is 42.3 Å². The van der Waals surface area contributed by atoms with Crippen molar-refractivity contribution in [2.45, 2.75) is 106 Å². The van der Waals surface area contributed by atoms with Gasteiger partial charge in [-0.3, -0.25) is 38.4 Å². The second-order valence-corrected chi connectivity index (χ2v) is 22.9. The van der Waals surface area contributed by atoms with Crippen LogP contribution in [0.1, 0.15) is 48.4 Å². The number of hydrogen-bond acceptors (Lipinski definition) is 13. The Labute approximate surface area is 481 Å². The quantitative estimate of drug-likeness (QED) is 0.0435. The maximum atomic E-state index is 14.9. The Bertz CT molecular complexity index is 3170. The van der Waals surface area contributed by atoms with Crippen LogP contribution in [0.25, 0.3) is 21.7 Å². The van der Waals surface area contributed by atoms with Crippen molar-refractivity contribution in [1.82, 2.24) is 42.2 Å². The summed E-state index contributed by atoms with van der Waals surface area (Å²) < 4.78 is 0. The molecule has 0 saturated carbocycles. The number of amides is 8. The summed E-state index contributed by atoms with van der Waals surface area (Å²) >= 11 is 6.10. The van der Waals surface area contributed by atoms with Crippen molar-refractivity contribution in [2.24, 2.45) is 17.2 Å². The number of halogens is 1. The molecule has 428 valence electrons. The summed E-state index contributed by atoms with van der Waals surface area (Å²) in [4.78, 5) is 118. The number of aliphatic hydroxyl groups excluding tert-OH is 1. The first-order valence-corrected chi connectivity index (χ1v) is 29.4. The van der Waals surface area contributed by atoms with Crippen molar-refractivity contribution in [2.75, 3.05) is 18.1 Å². The zero-order chi connectivity index (χ0) is 58.0. The molecule has 1 aromatic heterocycles. The Balaban J connectivity index is 1.24. The number of H-pyrrole nitrogens is 1. The molecular weight excluding hydrogens is 1090 g/mol. The molecule has 1 aliphatic heterocycles. The van der Waals surface area contributed by atoms with Gasteiger partial charge in [0.25, 0.3) is 0 Å². The zero-order valence-corrected chi connectivity index (χ0v) is 46.9. The molecule has 5 aromatic carbocycles. The maximum Gasteiger partial charge on any atom is 0.245 e. The smallest absolute Gasteiger partial charge is 0.245 e. The van der Waals surface area contributed by atoms with Crippen molar-refractivity contribution < 1.29 is 43.5 Å². The van der Waals surface area contributed by atoms with Crippen molar-refractivity contribution in [1.29, 1.82) is 0 Å². The van der Waals surface area contributed by atoms with Crippen LogP contribution in [-0.4, -0.2) is 130 Å². The molecule has 81 heavy (non-hydrogen) atoms. The van der Waals surface area contributed by atoms with Gasteiger partial charge in [-0.15, -0.1) is 0 Å². The van der Waals surface area contributed by atoms with Crippen molar-refractivity contribution in [3.8, 4) is 0 Å². The lowest BCUT2D eigenvalue weighted by Gasteiger charge is -2.29. The topological polar surface area (TPSA) is 335 Å². The van der Waals surface area contributed by atoms with Gasteiger partial charge in [0, 0.05) is 52.9 Å². The number of aliphatic hydroxyl groups is 1. The third kappa shape index (κ3) is 17.8. The van der Waals surface area contributed by atoms with E-state index in [1.165, 1.54) is 6.92 Å². The van der Waals surface area contributed by atoms with Gasteiger partial charge in [-0.25, -0.2) is 0 Å². The highest BCUT2D eigenvalue weighted by Crippen LogP contribution is 2.25. The fourth-order valence-electron chi connectivity index (χ4n) is 9.23. The lowest BCUT2D eigenvalue weighted by molar-refractivity contribution is -0.136. The lowest BCUT2D eigenvalue weighted by atomic mass is 10.0. The Morgan fingerprint density at radius 1 is 0.679 bits per heavy atom. The first-order valence-electron chi connectivity index (χ1n) is 26.6. The highest BCUT2D eigenvalue weighted by Gasteiger charge is 2.37. The normalized spacial score (nSPS) is 21.0. The Morgan fingerprint density at radius 3 is 2.02 bits per heavy atom. The van der Waals surface area contributed by atoms with E-state index in [1.54, 1.807) is 66.9 Å². The van der Waals surface area contributed by atoms with Gasteiger partial charge in [-0.05, 0) is 90.4 Å². The molecule has 23 heteroatoms. The summed E-state index contributed by atoms with van der Waals surface area (Å²) in [6.07, 6.45) is 0.853. The number of fused-ring (bicyclic) bond motifs is 2. The van der Waals surface area contributed by atoms with Gasteiger partial charge >= 0.3 is 0 Å². The van der Waals surface area contributed by atoms with E-state index < -0.39 is 102 Å². The van der Waals surface area contributed by atoms with Gasteiger partial charge in [0.05, 0.1) is 12.1 Å². The molecule has 0 bridgehead atoms. The zero-order valence-electron chi connectivity index (χ0n) is 44.5. The number of rotatable bonds is 18. The molecule has 9 atom stereocenters. The third-order valence-corrected chi connectivity index (χ3v) is 16.4. The van der Waals surface area contributed by atoms with Crippen LogP contribution < -0.4 is 54.4 Å². The number of aromatic nitrogens is 1. The van der Waals surface area contributed by atoms with E-state index in [-0.39, 0.29) is 50.2 Å². The number of benzene rings is 5. The molecule has 7 rings (SSSR count). The predicted octanol–water partition coefficient (Wildman–Crippen LogP) is 2.36. The largest absolute Gasteiger partial charge is 0.391 e. The molecule has 0 aliphatic carbocycles. The molecule has 1 saturated heterocycles. The highest BCUT2D eigenvalue weighted by atomic mass is 35.5. The van der Waals surface area contributed by atoms with Crippen LogP contribution in [0.4, 0.5) is 0 Å². The Kier molecular flexibility index (Phi) is 22.5. The monoisotopic (exact) mass is 1160 g/mol. The van der Waals surface area contributed by atoms with E-state index in [4.69, 9.17) is 28.8 Å². The molecule has 0 spiro atoms. The van der Waals surface area contributed by atoms with Crippen LogP contribution in [0.3, 0.4) is 0 Å². The van der Waals surface area contributed by atoms with Gasteiger partial charge in [0.2, 0.25) is 47.3 Å². The molecule has 6 aromatic rings. The number of para-hydroxylation sites is 1. The first kappa shape index (κ1) is 61.2. The van der Waals surface area contributed by atoms with Crippen LogP contribution in [0.5, 0.6) is 0 Å². The van der Waals surface area contributed by atoms with Crippen LogP contribution >= 0.6 is 33.2 Å². The average Bonchev–Trinajstić information content (AvgIpc) is 3.91. The second-order valence-electron chi connectivity index (χ2n) is 19.9. The first-order chi connectivity index (χ1) is 39.0. The summed E-state index contributed by atoms with van der Waals surface area (Å²) in [6.45, 7) is 1.52. The minimum Gasteiger partial charge on any atom is -0.391 e. The summed E-state index contributed by atoms with van der Waals surface area (Å²) in [5.41, 5.74) is 21.6. The summed E-state index contributed by atoms with van der Waals surface area (Å²) in [6, 6.07) is 25.0. The van der Waals surface area contributed by atoms with Crippen molar-refractivity contribution in [3.05, 3.63) is 155 Å². The minimum atomic E-state index is -1.70. The number of carbonyl (C=O) groups excluding carboxylic acids is 8. The highest BCUT2D eigenvalue weighted by molar-refractivity contribution is 8.76. The molecule has 20 nitrogen and oxygen atoms in total. The summed E-state index contributed by atoms with van der Waals surface area (Å²) in [5, 5.41) is 33.3. The summed E-state index contributed by atoms with van der Waals surface area (Å²) in [7, 11) is 2.05. The molecule has 0 radical (unpaired) electrons. The van der Waals surface area contributed by atoms with E-state index in [0.29, 0.717) is 40.1 Å². The number of nitrogens with two attached hydrogens (primary N) is 3. The number of hydrogen-bond donors (Lipinski definition) is 12. The van der Waals surface area contributed by atoms with Gasteiger partial charge in [0.15, 0.2) is 0 Å². The number of carbonyl (C=O) groups is 8. The van der Waals surface area contributed by atoms with E-state index in [2.05, 4.69) is 42.2 Å². The number of nitrogens with one attached hydrogen (secondary N) is 8. The maximum absolute atomic E-state index is 14.9. The number of aromatic amines is 1. The van der Waals surface area contributed by atoms with Crippen molar-refractivity contribution in [3.63, 3.8) is 0 Å². The summed E-state index contributed by atoms with van der Waals surface area (Å²) in [5.74, 6) is -7.07. The molecule has 1 aliphatic rings. The van der Waals surface area contributed by atoms with Crippen molar-refractivity contribution >= 4 is 102 Å². The van der Waals surface area contributed by atoms with Crippen LogP contribution in [0, 0.1) is 0 Å². The third-order valence-electron chi connectivity index (χ3n) is 13.7. The Morgan fingerprint density at radius 2 is 1.31 bits per heavy atom. The van der Waals surface area contributed by atoms with E-state index in [0.717, 1.165) is 43.3 Å². The molecule has 0 unspecified atom stereocenters. The predicted molar refractivity (Wildman–Crippen MR) is 315 cm³/mol. The molecule has 8 amide bonds. The van der Waals surface area contributed by atoms with Gasteiger partial charge in [-0.1, -0.05) is 136 Å². The number of primary amides is 1. The number of unbranched alkanes of at least 4 members (excludes halogenated alkanes) is 1. The van der Waals surface area contributed by atoms with Crippen LogP contribution in [-0.2, 0) is 64.0 Å².